The standard InChI is InChI=1S/C18H14O7/c1-23-11-7-12(24-2)14-13(8-11)25-17(16(20)15(14)19)9-3-5-10(6-4-9)18(21)22/h3-8,20H,1-2H3,(H,21,22). The minimum Gasteiger partial charge on any atom is -0.502 e. The van der Waals surface area contributed by atoms with Gasteiger partial charge in [-0.2, -0.15) is 0 Å². The number of methoxy groups -OCH3 is 2. The summed E-state index contributed by atoms with van der Waals surface area (Å²) >= 11 is 0. The minimum absolute atomic E-state index is 0.0651. The predicted octanol–water partition coefficient (Wildman–Crippen LogP) is 2.88. The van der Waals surface area contributed by atoms with Crippen LogP contribution < -0.4 is 14.9 Å². The van der Waals surface area contributed by atoms with Crippen LogP contribution in [0.15, 0.2) is 45.6 Å². The number of carboxylic acid groups (broad SMARTS) is 1. The number of fused-ring (bicyclic) bond motifs is 1. The van der Waals surface area contributed by atoms with Gasteiger partial charge in [0.15, 0.2) is 5.76 Å². The Morgan fingerprint density at radius 2 is 1.76 bits per heavy atom. The van der Waals surface area contributed by atoms with Crippen LogP contribution in [0.3, 0.4) is 0 Å². The molecule has 7 heteroatoms. The summed E-state index contributed by atoms with van der Waals surface area (Å²) in [7, 11) is 2.86. The van der Waals surface area contributed by atoms with Crippen molar-refractivity contribution in [3.8, 4) is 28.6 Å². The number of rotatable bonds is 4. The van der Waals surface area contributed by atoms with Crippen LogP contribution >= 0.6 is 0 Å². The lowest BCUT2D eigenvalue weighted by atomic mass is 10.1. The molecule has 0 bridgehead atoms. The van der Waals surface area contributed by atoms with Gasteiger partial charge in [-0.25, -0.2) is 4.79 Å². The van der Waals surface area contributed by atoms with Crippen molar-refractivity contribution in [2.75, 3.05) is 14.2 Å². The molecule has 0 saturated carbocycles. The van der Waals surface area contributed by atoms with Gasteiger partial charge in [-0.1, -0.05) is 12.1 Å². The van der Waals surface area contributed by atoms with Crippen molar-refractivity contribution in [1.29, 1.82) is 0 Å². The van der Waals surface area contributed by atoms with Gasteiger partial charge >= 0.3 is 5.97 Å². The molecule has 0 fully saturated rings. The first-order valence-electron chi connectivity index (χ1n) is 7.21. The van der Waals surface area contributed by atoms with Gasteiger partial charge in [-0.05, 0) is 12.1 Å². The molecule has 0 spiro atoms. The third-order valence-corrected chi connectivity index (χ3v) is 3.76. The first-order chi connectivity index (χ1) is 12.0. The average molecular weight is 342 g/mol. The van der Waals surface area contributed by atoms with Gasteiger partial charge in [0.25, 0.3) is 0 Å². The molecule has 0 aliphatic carbocycles. The molecule has 2 N–H and O–H groups in total. The van der Waals surface area contributed by atoms with Crippen LogP contribution in [0.2, 0.25) is 0 Å². The first-order valence-corrected chi connectivity index (χ1v) is 7.21. The maximum atomic E-state index is 12.6. The summed E-state index contributed by atoms with van der Waals surface area (Å²) in [4.78, 5) is 23.5. The van der Waals surface area contributed by atoms with Crippen LogP contribution in [0.4, 0.5) is 0 Å². The predicted molar refractivity (Wildman–Crippen MR) is 89.6 cm³/mol. The summed E-state index contributed by atoms with van der Waals surface area (Å²) in [5.74, 6) is -1.09. The van der Waals surface area contributed by atoms with Gasteiger partial charge in [0, 0.05) is 17.7 Å². The SMILES string of the molecule is COc1cc(OC)c2c(=O)c(O)c(-c3ccc(C(=O)O)cc3)oc2c1. The van der Waals surface area contributed by atoms with Crippen LogP contribution in [0.25, 0.3) is 22.3 Å². The van der Waals surface area contributed by atoms with Gasteiger partial charge in [0.2, 0.25) is 11.2 Å². The van der Waals surface area contributed by atoms with E-state index in [1.165, 1.54) is 50.6 Å². The second-order valence-corrected chi connectivity index (χ2v) is 5.19. The Balaban J connectivity index is 2.28. The third-order valence-electron chi connectivity index (χ3n) is 3.76. The van der Waals surface area contributed by atoms with Gasteiger partial charge in [0.1, 0.15) is 22.5 Å². The van der Waals surface area contributed by atoms with Crippen molar-refractivity contribution < 1.29 is 28.9 Å². The third kappa shape index (κ3) is 2.76. The molecule has 0 radical (unpaired) electrons. The minimum atomic E-state index is -1.08. The molecule has 3 rings (SSSR count). The van der Waals surface area contributed by atoms with E-state index < -0.39 is 17.1 Å². The van der Waals surface area contributed by atoms with Gasteiger partial charge in [-0.3, -0.25) is 4.79 Å². The maximum Gasteiger partial charge on any atom is 0.335 e. The number of aromatic carboxylic acids is 1. The normalized spacial score (nSPS) is 10.6. The number of benzene rings is 2. The molecule has 128 valence electrons. The van der Waals surface area contributed by atoms with E-state index in [-0.39, 0.29) is 28.0 Å². The Labute approximate surface area is 141 Å². The molecule has 2 aromatic carbocycles. The molecular formula is C18H14O7. The highest BCUT2D eigenvalue weighted by Gasteiger charge is 2.19. The van der Waals surface area contributed by atoms with E-state index in [9.17, 15) is 14.7 Å². The zero-order chi connectivity index (χ0) is 18.1. The molecule has 3 aromatic rings. The molecule has 1 heterocycles. The van der Waals surface area contributed by atoms with Crippen LogP contribution in [-0.4, -0.2) is 30.4 Å². The summed E-state index contributed by atoms with van der Waals surface area (Å²) in [6.07, 6.45) is 0. The number of hydrogen-bond acceptors (Lipinski definition) is 6. The van der Waals surface area contributed by atoms with Gasteiger partial charge in [0.05, 0.1) is 19.8 Å². The van der Waals surface area contributed by atoms with Crippen molar-refractivity contribution in [2.24, 2.45) is 0 Å². The molecule has 1 aromatic heterocycles. The zero-order valence-electron chi connectivity index (χ0n) is 13.4. The van der Waals surface area contributed by atoms with Crippen LogP contribution in [-0.2, 0) is 0 Å². The van der Waals surface area contributed by atoms with Crippen molar-refractivity contribution >= 4 is 16.9 Å². The quantitative estimate of drug-likeness (QED) is 0.751. The highest BCUT2D eigenvalue weighted by Crippen LogP contribution is 2.35. The Kier molecular flexibility index (Phi) is 4.06. The van der Waals surface area contributed by atoms with Gasteiger partial charge < -0.3 is 24.1 Å². The Bertz CT molecular complexity index is 1020. The van der Waals surface area contributed by atoms with E-state index in [0.717, 1.165) is 0 Å². The Morgan fingerprint density at radius 3 is 2.32 bits per heavy atom. The lowest BCUT2D eigenvalue weighted by Crippen LogP contribution is -2.05. The molecule has 0 aliphatic rings. The molecule has 0 aliphatic heterocycles. The van der Waals surface area contributed by atoms with Crippen LogP contribution in [0.5, 0.6) is 17.2 Å². The summed E-state index contributed by atoms with van der Waals surface area (Å²) in [5.41, 5.74) is -0.0348. The van der Waals surface area contributed by atoms with Crippen molar-refractivity contribution in [2.45, 2.75) is 0 Å². The summed E-state index contributed by atoms with van der Waals surface area (Å²) in [6.45, 7) is 0. The molecule has 25 heavy (non-hydrogen) atoms. The van der Waals surface area contributed by atoms with Crippen LogP contribution in [0.1, 0.15) is 10.4 Å². The maximum absolute atomic E-state index is 12.6. The van der Waals surface area contributed by atoms with E-state index in [0.29, 0.717) is 11.3 Å². The highest BCUT2D eigenvalue weighted by atomic mass is 16.5. The molecule has 0 amide bonds. The van der Waals surface area contributed by atoms with E-state index in [1.54, 1.807) is 0 Å². The lowest BCUT2D eigenvalue weighted by Gasteiger charge is -2.10. The average Bonchev–Trinajstić information content (AvgIpc) is 2.63. The van der Waals surface area contributed by atoms with Crippen LogP contribution in [0, 0.1) is 0 Å². The van der Waals surface area contributed by atoms with E-state index >= 15 is 0 Å². The highest BCUT2D eigenvalue weighted by molar-refractivity contribution is 5.90. The molecule has 0 saturated heterocycles. The Hall–Kier alpha value is -3.48. The van der Waals surface area contributed by atoms with E-state index in [2.05, 4.69) is 0 Å². The summed E-state index contributed by atoms with van der Waals surface area (Å²) in [6, 6.07) is 8.63. The fraction of sp³-hybridized carbons (Fsp3) is 0.111. The van der Waals surface area contributed by atoms with E-state index in [1.807, 2.05) is 0 Å². The van der Waals surface area contributed by atoms with Gasteiger partial charge in [-0.15, -0.1) is 0 Å². The largest absolute Gasteiger partial charge is 0.502 e. The van der Waals surface area contributed by atoms with Crippen molar-refractivity contribution in [3.05, 3.63) is 52.2 Å². The van der Waals surface area contributed by atoms with E-state index in [4.69, 9.17) is 19.0 Å². The number of carbonyl (C=O) groups is 1. The fourth-order valence-electron chi connectivity index (χ4n) is 2.49. The number of ether oxygens (including phenoxy) is 2. The molecule has 0 atom stereocenters. The summed E-state index contributed by atoms with van der Waals surface area (Å²) in [5, 5.41) is 19.3. The zero-order valence-corrected chi connectivity index (χ0v) is 13.4. The fourth-order valence-corrected chi connectivity index (χ4v) is 2.49. The molecule has 7 nitrogen and oxygen atoms in total. The monoisotopic (exact) mass is 342 g/mol. The second kappa shape index (κ2) is 6.20. The lowest BCUT2D eigenvalue weighted by molar-refractivity contribution is 0.0697. The molecular weight excluding hydrogens is 328 g/mol. The number of aromatic hydroxyl groups is 1. The van der Waals surface area contributed by atoms with Crippen molar-refractivity contribution in [1.82, 2.24) is 0 Å². The topological polar surface area (TPSA) is 106 Å². The first kappa shape index (κ1) is 16.4. The summed E-state index contributed by atoms with van der Waals surface area (Å²) < 4.78 is 16.0. The molecule has 0 unspecified atom stereocenters. The smallest absolute Gasteiger partial charge is 0.335 e. The van der Waals surface area contributed by atoms with Crippen molar-refractivity contribution in [3.63, 3.8) is 0 Å². The Morgan fingerprint density at radius 1 is 1.08 bits per heavy atom. The number of carboxylic acids is 1. The number of hydrogen-bond donors (Lipinski definition) is 2. The second-order valence-electron chi connectivity index (χ2n) is 5.19.